The molecule has 1 aromatic carbocycles. The molecule has 1 aromatic rings. The molecule has 2 atom stereocenters. The van der Waals surface area contributed by atoms with Crippen LogP contribution in [0.1, 0.15) is 47.0 Å². The highest BCUT2D eigenvalue weighted by Crippen LogP contribution is 2.31. The lowest BCUT2D eigenvalue weighted by Crippen LogP contribution is -2.21. The molecule has 2 unspecified atom stereocenters. The zero-order valence-electron chi connectivity index (χ0n) is 13.5. The topological polar surface area (TPSA) is 30.5 Å². The second kappa shape index (κ2) is 8.72. The summed E-state index contributed by atoms with van der Waals surface area (Å²) in [6.07, 6.45) is 3.55. The van der Waals surface area contributed by atoms with Crippen molar-refractivity contribution in [2.75, 3.05) is 19.0 Å². The predicted molar refractivity (Wildman–Crippen MR) is 85.9 cm³/mol. The van der Waals surface area contributed by atoms with Gasteiger partial charge >= 0.3 is 0 Å². The van der Waals surface area contributed by atoms with Crippen LogP contribution in [0.25, 0.3) is 0 Å². The molecule has 1 N–H and O–H groups in total. The average Bonchev–Trinajstić information content (AvgIpc) is 2.47. The van der Waals surface area contributed by atoms with Crippen LogP contribution in [0.3, 0.4) is 0 Å². The number of hydrogen-bond acceptors (Lipinski definition) is 3. The van der Waals surface area contributed by atoms with Gasteiger partial charge in [-0.05, 0) is 37.8 Å². The first-order valence-electron chi connectivity index (χ1n) is 7.71. The zero-order valence-corrected chi connectivity index (χ0v) is 13.5. The van der Waals surface area contributed by atoms with Gasteiger partial charge in [0.05, 0.1) is 13.7 Å². The van der Waals surface area contributed by atoms with Crippen LogP contribution in [-0.2, 0) is 0 Å². The van der Waals surface area contributed by atoms with Crippen LogP contribution in [0.2, 0.25) is 0 Å². The monoisotopic (exact) mass is 279 g/mol. The van der Waals surface area contributed by atoms with Crippen molar-refractivity contribution in [3.8, 4) is 11.5 Å². The number of benzene rings is 1. The molecule has 0 heterocycles. The summed E-state index contributed by atoms with van der Waals surface area (Å²) in [7, 11) is 1.68. The number of anilines is 1. The molecule has 0 saturated heterocycles. The molecule has 0 aromatic heterocycles. The Kier molecular flexibility index (Phi) is 7.27. The van der Waals surface area contributed by atoms with Crippen molar-refractivity contribution in [3.63, 3.8) is 0 Å². The highest BCUT2D eigenvalue weighted by Gasteiger charge is 2.12. The Morgan fingerprint density at radius 1 is 1.10 bits per heavy atom. The minimum atomic E-state index is 0.507. The molecule has 0 spiro atoms. The van der Waals surface area contributed by atoms with Gasteiger partial charge in [0, 0.05) is 17.8 Å². The second-order valence-electron chi connectivity index (χ2n) is 5.30. The highest BCUT2D eigenvalue weighted by atomic mass is 16.5. The van der Waals surface area contributed by atoms with E-state index in [9.17, 15) is 0 Å². The fourth-order valence-corrected chi connectivity index (χ4v) is 2.25. The summed E-state index contributed by atoms with van der Waals surface area (Å²) in [5.74, 6) is 2.34. The predicted octanol–water partition coefficient (Wildman–Crippen LogP) is 4.72. The fourth-order valence-electron chi connectivity index (χ4n) is 2.25. The van der Waals surface area contributed by atoms with Gasteiger partial charge in [-0.3, -0.25) is 0 Å². The molecule has 0 amide bonds. The van der Waals surface area contributed by atoms with E-state index in [2.05, 4.69) is 32.2 Å². The standard InChI is InChI=1S/C17H29NO2/c1-6-13(4)11-14(7-2)18-15-9-10-16(20-8-3)17(12-15)19-5/h9-10,12-14,18H,6-8,11H2,1-5H3. The van der Waals surface area contributed by atoms with Gasteiger partial charge in [0.2, 0.25) is 0 Å². The minimum Gasteiger partial charge on any atom is -0.493 e. The van der Waals surface area contributed by atoms with E-state index in [4.69, 9.17) is 9.47 Å². The summed E-state index contributed by atoms with van der Waals surface area (Å²) >= 11 is 0. The maximum atomic E-state index is 5.54. The number of nitrogens with one attached hydrogen (secondary N) is 1. The summed E-state index contributed by atoms with van der Waals surface area (Å²) in [4.78, 5) is 0. The average molecular weight is 279 g/mol. The van der Waals surface area contributed by atoms with E-state index in [1.807, 2.05) is 19.1 Å². The molecule has 3 heteroatoms. The molecule has 0 fully saturated rings. The van der Waals surface area contributed by atoms with E-state index in [1.165, 1.54) is 12.8 Å². The van der Waals surface area contributed by atoms with Crippen LogP contribution < -0.4 is 14.8 Å². The largest absolute Gasteiger partial charge is 0.493 e. The van der Waals surface area contributed by atoms with Crippen molar-refractivity contribution in [3.05, 3.63) is 18.2 Å². The van der Waals surface area contributed by atoms with E-state index in [0.717, 1.165) is 29.5 Å². The summed E-state index contributed by atoms with van der Waals surface area (Å²) in [6, 6.07) is 6.56. The normalized spacial score (nSPS) is 13.7. The van der Waals surface area contributed by atoms with Crippen molar-refractivity contribution in [2.24, 2.45) is 5.92 Å². The van der Waals surface area contributed by atoms with Crippen LogP contribution in [0.15, 0.2) is 18.2 Å². The van der Waals surface area contributed by atoms with E-state index in [1.54, 1.807) is 7.11 Å². The lowest BCUT2D eigenvalue weighted by molar-refractivity contribution is 0.311. The third kappa shape index (κ3) is 4.95. The lowest BCUT2D eigenvalue weighted by Gasteiger charge is -2.22. The van der Waals surface area contributed by atoms with E-state index in [0.29, 0.717) is 12.6 Å². The Morgan fingerprint density at radius 2 is 1.85 bits per heavy atom. The number of rotatable bonds is 9. The fraction of sp³-hybridized carbons (Fsp3) is 0.647. The molecule has 3 nitrogen and oxygen atoms in total. The smallest absolute Gasteiger partial charge is 0.162 e. The number of hydrogen-bond donors (Lipinski definition) is 1. The van der Waals surface area contributed by atoms with E-state index < -0.39 is 0 Å². The molecule has 0 radical (unpaired) electrons. The van der Waals surface area contributed by atoms with Gasteiger partial charge in [0.25, 0.3) is 0 Å². The Morgan fingerprint density at radius 3 is 2.40 bits per heavy atom. The molecule has 114 valence electrons. The first-order chi connectivity index (χ1) is 9.64. The Hall–Kier alpha value is -1.38. The van der Waals surface area contributed by atoms with Crippen LogP contribution in [0.4, 0.5) is 5.69 Å². The maximum absolute atomic E-state index is 5.54. The van der Waals surface area contributed by atoms with Gasteiger partial charge < -0.3 is 14.8 Å². The first-order valence-corrected chi connectivity index (χ1v) is 7.71. The van der Waals surface area contributed by atoms with Gasteiger partial charge in [0.15, 0.2) is 11.5 Å². The first kappa shape index (κ1) is 16.7. The zero-order chi connectivity index (χ0) is 15.0. The Balaban J connectivity index is 2.75. The van der Waals surface area contributed by atoms with Gasteiger partial charge in [-0.15, -0.1) is 0 Å². The third-order valence-electron chi connectivity index (χ3n) is 3.71. The second-order valence-corrected chi connectivity index (χ2v) is 5.30. The van der Waals surface area contributed by atoms with Crippen LogP contribution in [0, 0.1) is 5.92 Å². The lowest BCUT2D eigenvalue weighted by atomic mass is 9.97. The molecule has 20 heavy (non-hydrogen) atoms. The van der Waals surface area contributed by atoms with Gasteiger partial charge in [-0.2, -0.15) is 0 Å². The summed E-state index contributed by atoms with van der Waals surface area (Å²) < 4.78 is 10.9. The SMILES string of the molecule is CCOc1ccc(NC(CC)CC(C)CC)cc1OC. The van der Waals surface area contributed by atoms with E-state index in [-0.39, 0.29) is 0 Å². The highest BCUT2D eigenvalue weighted by molar-refractivity contribution is 5.55. The van der Waals surface area contributed by atoms with Crippen molar-refractivity contribution in [1.29, 1.82) is 0 Å². The van der Waals surface area contributed by atoms with Crippen LogP contribution in [-0.4, -0.2) is 19.8 Å². The number of ether oxygens (including phenoxy) is 2. The maximum Gasteiger partial charge on any atom is 0.162 e. The molecule has 0 aliphatic carbocycles. The van der Waals surface area contributed by atoms with Crippen LogP contribution >= 0.6 is 0 Å². The molecule has 1 rings (SSSR count). The van der Waals surface area contributed by atoms with Crippen molar-refractivity contribution in [2.45, 2.75) is 53.0 Å². The van der Waals surface area contributed by atoms with Crippen molar-refractivity contribution >= 4 is 5.69 Å². The minimum absolute atomic E-state index is 0.507. The summed E-state index contributed by atoms with van der Waals surface area (Å²) in [6.45, 7) is 9.41. The summed E-state index contributed by atoms with van der Waals surface area (Å²) in [5.41, 5.74) is 1.10. The molecule has 0 aliphatic rings. The van der Waals surface area contributed by atoms with Gasteiger partial charge in [-0.1, -0.05) is 27.2 Å². The Labute approximate surface area is 123 Å². The molecular formula is C17H29NO2. The van der Waals surface area contributed by atoms with E-state index >= 15 is 0 Å². The number of methoxy groups -OCH3 is 1. The van der Waals surface area contributed by atoms with Crippen molar-refractivity contribution in [1.82, 2.24) is 0 Å². The molecular weight excluding hydrogens is 250 g/mol. The third-order valence-corrected chi connectivity index (χ3v) is 3.71. The summed E-state index contributed by atoms with van der Waals surface area (Å²) in [5, 5.41) is 3.60. The van der Waals surface area contributed by atoms with Crippen molar-refractivity contribution < 1.29 is 9.47 Å². The van der Waals surface area contributed by atoms with Gasteiger partial charge in [0.1, 0.15) is 0 Å². The molecule has 0 bridgehead atoms. The molecule has 0 aliphatic heterocycles. The molecule has 0 saturated carbocycles. The van der Waals surface area contributed by atoms with Gasteiger partial charge in [-0.25, -0.2) is 0 Å². The Bertz CT molecular complexity index is 393. The quantitative estimate of drug-likeness (QED) is 0.709. The van der Waals surface area contributed by atoms with Crippen LogP contribution in [0.5, 0.6) is 11.5 Å².